The number of benzene rings is 1. The van der Waals surface area contributed by atoms with Gasteiger partial charge in [-0.3, -0.25) is 19.4 Å². The van der Waals surface area contributed by atoms with E-state index in [2.05, 4.69) is 15.6 Å². The summed E-state index contributed by atoms with van der Waals surface area (Å²) in [6.45, 7) is 6.64. The van der Waals surface area contributed by atoms with Gasteiger partial charge in [-0.15, -0.1) is 0 Å². The molecule has 2 aromatic rings. The fraction of sp³-hybridized carbons (Fsp3) is 0.517. The maximum atomic E-state index is 13.7. The maximum absolute atomic E-state index is 13.7. The average Bonchev–Trinajstić information content (AvgIpc) is 3.14. The average molecular weight is 504 g/mol. The van der Waals surface area contributed by atoms with E-state index in [0.717, 1.165) is 36.3 Å². The molecule has 0 spiro atoms. The summed E-state index contributed by atoms with van der Waals surface area (Å²) in [6, 6.07) is 13.1. The minimum Gasteiger partial charge on any atom is -0.344 e. The van der Waals surface area contributed by atoms with Gasteiger partial charge in [-0.05, 0) is 69.8 Å². The third-order valence-electron chi connectivity index (χ3n) is 8.15. The molecule has 8 nitrogen and oxygen atoms in total. The number of anilines is 1. The van der Waals surface area contributed by atoms with E-state index in [1.807, 2.05) is 66.1 Å². The Morgan fingerprint density at radius 2 is 1.86 bits per heavy atom. The Hall–Kier alpha value is -3.26. The largest absolute Gasteiger partial charge is 0.344 e. The minimum atomic E-state index is -0.658. The number of amides is 3. The molecule has 3 aliphatic rings. The highest BCUT2D eigenvalue weighted by molar-refractivity contribution is 6.08. The fourth-order valence-electron chi connectivity index (χ4n) is 5.96. The molecule has 0 radical (unpaired) electrons. The lowest BCUT2D eigenvalue weighted by molar-refractivity contribution is -0.138. The first-order valence-electron chi connectivity index (χ1n) is 13.5. The summed E-state index contributed by atoms with van der Waals surface area (Å²) in [7, 11) is 0. The normalized spacial score (nSPS) is 22.4. The zero-order chi connectivity index (χ0) is 26.0. The monoisotopic (exact) mass is 503 g/mol. The van der Waals surface area contributed by atoms with Crippen molar-refractivity contribution in [1.29, 1.82) is 0 Å². The van der Waals surface area contributed by atoms with Crippen molar-refractivity contribution < 1.29 is 14.4 Å². The molecule has 37 heavy (non-hydrogen) atoms. The first kappa shape index (κ1) is 25.4. The molecule has 196 valence electrons. The highest BCUT2D eigenvalue weighted by Crippen LogP contribution is 2.43. The van der Waals surface area contributed by atoms with E-state index in [-0.39, 0.29) is 29.7 Å². The van der Waals surface area contributed by atoms with E-state index in [0.29, 0.717) is 38.9 Å². The van der Waals surface area contributed by atoms with Crippen molar-refractivity contribution >= 4 is 23.4 Å². The Balaban J connectivity index is 1.27. The van der Waals surface area contributed by atoms with Crippen LogP contribution in [0, 0.1) is 5.92 Å². The van der Waals surface area contributed by atoms with Gasteiger partial charge in [0.05, 0.1) is 11.3 Å². The molecule has 0 bridgehead atoms. The van der Waals surface area contributed by atoms with Crippen LogP contribution in [-0.4, -0.2) is 65.9 Å². The topological polar surface area (TPSA) is 94.6 Å². The van der Waals surface area contributed by atoms with Crippen molar-refractivity contribution in [3.8, 4) is 0 Å². The predicted octanol–water partition coefficient (Wildman–Crippen LogP) is 2.42. The van der Waals surface area contributed by atoms with E-state index in [9.17, 15) is 14.4 Å². The third-order valence-corrected chi connectivity index (χ3v) is 8.15. The van der Waals surface area contributed by atoms with Crippen molar-refractivity contribution in [2.75, 3.05) is 31.1 Å². The van der Waals surface area contributed by atoms with Crippen LogP contribution in [0.2, 0.25) is 0 Å². The molecule has 4 heterocycles. The van der Waals surface area contributed by atoms with E-state index in [1.165, 1.54) is 0 Å². The summed E-state index contributed by atoms with van der Waals surface area (Å²) in [4.78, 5) is 48.3. The van der Waals surface area contributed by atoms with Gasteiger partial charge in [0.1, 0.15) is 6.04 Å². The molecule has 8 heteroatoms. The number of rotatable bonds is 6. The number of pyridine rings is 1. The summed E-state index contributed by atoms with van der Waals surface area (Å²) in [5.74, 6) is -0.143. The van der Waals surface area contributed by atoms with Gasteiger partial charge in [0.2, 0.25) is 17.7 Å². The number of hydrogen-bond donors (Lipinski definition) is 2. The van der Waals surface area contributed by atoms with Crippen molar-refractivity contribution in [2.24, 2.45) is 5.92 Å². The number of piperidine rings is 2. The number of nitrogens with one attached hydrogen (secondary N) is 2. The van der Waals surface area contributed by atoms with Gasteiger partial charge in [-0.1, -0.05) is 24.3 Å². The molecule has 1 aromatic heterocycles. The number of hydrogen-bond acceptors (Lipinski definition) is 5. The van der Waals surface area contributed by atoms with Gasteiger partial charge in [0, 0.05) is 49.7 Å². The third kappa shape index (κ3) is 5.12. The van der Waals surface area contributed by atoms with Crippen LogP contribution >= 0.6 is 0 Å². The van der Waals surface area contributed by atoms with Gasteiger partial charge in [0.25, 0.3) is 0 Å². The predicted molar refractivity (Wildman–Crippen MR) is 142 cm³/mol. The van der Waals surface area contributed by atoms with Crippen LogP contribution in [0.25, 0.3) is 0 Å². The number of likely N-dealkylation sites (tertiary alicyclic amines) is 1. The number of nitrogens with zero attached hydrogens (tertiary/aromatic N) is 3. The molecule has 2 fully saturated rings. The number of carbonyl (C=O) groups is 3. The lowest BCUT2D eigenvalue weighted by atomic mass is 9.86. The maximum Gasteiger partial charge on any atom is 0.245 e. The molecular formula is C29H37N5O3. The number of fused-ring (bicyclic) bond motifs is 1. The van der Waals surface area contributed by atoms with Gasteiger partial charge in [-0.2, -0.15) is 0 Å². The first-order valence-corrected chi connectivity index (χ1v) is 13.5. The van der Waals surface area contributed by atoms with Crippen LogP contribution < -0.4 is 15.5 Å². The lowest BCUT2D eigenvalue weighted by Gasteiger charge is -2.39. The van der Waals surface area contributed by atoms with E-state index < -0.39 is 11.5 Å². The molecule has 1 aromatic carbocycles. The van der Waals surface area contributed by atoms with E-state index in [4.69, 9.17) is 0 Å². The van der Waals surface area contributed by atoms with Crippen LogP contribution in [0.3, 0.4) is 0 Å². The Labute approximate surface area is 218 Å². The van der Waals surface area contributed by atoms with Gasteiger partial charge in [0.15, 0.2) is 0 Å². The van der Waals surface area contributed by atoms with Crippen molar-refractivity contribution in [1.82, 2.24) is 20.5 Å². The number of carbonyl (C=O) groups excluding carboxylic acids is 3. The Bertz CT molecular complexity index is 1140. The fourth-order valence-corrected chi connectivity index (χ4v) is 5.96. The van der Waals surface area contributed by atoms with Gasteiger partial charge >= 0.3 is 0 Å². The molecule has 3 aliphatic heterocycles. The minimum absolute atomic E-state index is 0.0524. The Morgan fingerprint density at radius 1 is 1.11 bits per heavy atom. The first-order chi connectivity index (χ1) is 17.9. The van der Waals surface area contributed by atoms with Crippen LogP contribution in [0.1, 0.15) is 50.8 Å². The van der Waals surface area contributed by atoms with Crippen LogP contribution in [0.15, 0.2) is 48.7 Å². The lowest BCUT2D eigenvalue weighted by Crippen LogP contribution is -2.56. The number of para-hydroxylation sites is 1. The quantitative estimate of drug-likeness (QED) is 0.632. The van der Waals surface area contributed by atoms with Crippen LogP contribution in [0.5, 0.6) is 0 Å². The summed E-state index contributed by atoms with van der Waals surface area (Å²) < 4.78 is 0. The van der Waals surface area contributed by atoms with Crippen LogP contribution in [0.4, 0.5) is 5.69 Å². The zero-order valence-corrected chi connectivity index (χ0v) is 21.8. The molecular weight excluding hydrogens is 466 g/mol. The van der Waals surface area contributed by atoms with Gasteiger partial charge in [-0.25, -0.2) is 0 Å². The van der Waals surface area contributed by atoms with E-state index >= 15 is 0 Å². The second-order valence-electron chi connectivity index (χ2n) is 11.0. The summed E-state index contributed by atoms with van der Waals surface area (Å²) in [5, 5.41) is 6.33. The second-order valence-corrected chi connectivity index (χ2v) is 11.0. The Morgan fingerprint density at radius 3 is 2.57 bits per heavy atom. The molecule has 2 atom stereocenters. The molecule has 0 saturated carbocycles. The van der Waals surface area contributed by atoms with Crippen molar-refractivity contribution in [3.63, 3.8) is 0 Å². The number of aromatic nitrogens is 1. The standard InChI is InChI=1S/C29H37N5O3/c1-29(2)23-10-3-4-11-25(23)34(28(29)37)22-12-16-33(17-13-22)27(36)24(18-21-9-5-6-15-31-21)32-26(35)20-8-7-14-30-19-20/h3-6,9-11,15,20,22,24,30H,7-8,12-14,16-19H2,1-2H3,(H,32,35)/t20-,24+/m1/s1. The zero-order valence-electron chi connectivity index (χ0n) is 21.8. The van der Waals surface area contributed by atoms with Gasteiger partial charge < -0.3 is 20.4 Å². The molecule has 2 N–H and O–H groups in total. The highest BCUT2D eigenvalue weighted by atomic mass is 16.2. The molecule has 0 unspecified atom stereocenters. The van der Waals surface area contributed by atoms with Crippen molar-refractivity contribution in [2.45, 2.75) is 63.5 Å². The summed E-state index contributed by atoms with van der Waals surface area (Å²) in [5.41, 5.74) is 2.28. The summed E-state index contributed by atoms with van der Waals surface area (Å²) >= 11 is 0. The van der Waals surface area contributed by atoms with Crippen LogP contribution in [-0.2, 0) is 26.2 Å². The molecule has 3 amide bonds. The smallest absolute Gasteiger partial charge is 0.245 e. The summed E-state index contributed by atoms with van der Waals surface area (Å²) in [6.07, 6.45) is 5.27. The Kier molecular flexibility index (Phi) is 7.29. The molecule has 5 rings (SSSR count). The highest BCUT2D eigenvalue weighted by Gasteiger charge is 2.47. The second kappa shape index (κ2) is 10.6. The van der Waals surface area contributed by atoms with Crippen molar-refractivity contribution in [3.05, 3.63) is 59.9 Å². The SMILES string of the molecule is CC1(C)C(=O)N(C2CCN(C(=O)[C@H](Cc3ccccn3)NC(=O)[C@@H]3CCCNC3)CC2)c2ccccc21. The van der Waals surface area contributed by atoms with E-state index in [1.54, 1.807) is 6.20 Å². The molecule has 0 aliphatic carbocycles. The molecule has 2 saturated heterocycles.